The fourth-order valence-electron chi connectivity index (χ4n) is 2.59. The second kappa shape index (κ2) is 6.30. The van der Waals surface area contributed by atoms with Gasteiger partial charge in [-0.1, -0.05) is 18.5 Å². The lowest BCUT2D eigenvalue weighted by Crippen LogP contribution is -2.31. The topological polar surface area (TPSA) is 67.9 Å². The van der Waals surface area contributed by atoms with Crippen LogP contribution in [-0.2, 0) is 25.9 Å². The summed E-state index contributed by atoms with van der Waals surface area (Å²) in [6.07, 6.45) is 6.04. The Kier molecular flexibility index (Phi) is 4.24. The van der Waals surface area contributed by atoms with Crippen molar-refractivity contribution in [3.63, 3.8) is 0 Å². The van der Waals surface area contributed by atoms with Gasteiger partial charge in [-0.05, 0) is 13.3 Å². The van der Waals surface area contributed by atoms with E-state index in [0.717, 1.165) is 50.4 Å². The van der Waals surface area contributed by atoms with Crippen molar-refractivity contribution >= 4 is 0 Å². The molecule has 3 heterocycles. The van der Waals surface area contributed by atoms with Gasteiger partial charge < -0.3 is 4.52 Å². The molecule has 2 aromatic rings. The Labute approximate surface area is 124 Å². The minimum Gasteiger partial charge on any atom is -0.338 e. The molecule has 3 rings (SSSR count). The third-order valence-corrected chi connectivity index (χ3v) is 3.76. The number of unbranched alkanes of at least 4 members (excludes halogenated alkanes) is 1. The Morgan fingerprint density at radius 3 is 3.10 bits per heavy atom. The molecule has 0 spiro atoms. The van der Waals surface area contributed by atoms with Crippen molar-refractivity contribution in [3.05, 3.63) is 35.0 Å². The second-order valence-corrected chi connectivity index (χ2v) is 5.56. The number of rotatable bonds is 5. The molecule has 0 amide bonds. The molecule has 0 saturated heterocycles. The molecule has 0 aromatic carbocycles. The van der Waals surface area contributed by atoms with Gasteiger partial charge >= 0.3 is 0 Å². The first-order valence-electron chi connectivity index (χ1n) is 7.60. The largest absolute Gasteiger partial charge is 0.338 e. The highest BCUT2D eigenvalue weighted by Gasteiger charge is 2.20. The monoisotopic (exact) mass is 287 g/mol. The van der Waals surface area contributed by atoms with E-state index in [0.29, 0.717) is 12.4 Å². The molecular formula is C15H21N5O. The van der Waals surface area contributed by atoms with Crippen molar-refractivity contribution in [2.45, 2.75) is 52.6 Å². The van der Waals surface area contributed by atoms with Gasteiger partial charge in [-0.25, -0.2) is 9.97 Å². The summed E-state index contributed by atoms with van der Waals surface area (Å²) in [6, 6.07) is 0. The van der Waals surface area contributed by atoms with Gasteiger partial charge in [0.05, 0.1) is 6.54 Å². The van der Waals surface area contributed by atoms with Gasteiger partial charge in [0.25, 0.3) is 0 Å². The third kappa shape index (κ3) is 3.44. The zero-order valence-electron chi connectivity index (χ0n) is 12.7. The summed E-state index contributed by atoms with van der Waals surface area (Å²) in [4.78, 5) is 15.6. The Bertz CT molecular complexity index is 610. The summed E-state index contributed by atoms with van der Waals surface area (Å²) in [5.74, 6) is 2.38. The van der Waals surface area contributed by atoms with Crippen molar-refractivity contribution in [2.75, 3.05) is 6.54 Å². The van der Waals surface area contributed by atoms with Crippen LogP contribution in [0.15, 0.2) is 10.7 Å². The van der Waals surface area contributed by atoms with Crippen LogP contribution in [0.2, 0.25) is 0 Å². The van der Waals surface area contributed by atoms with E-state index in [1.165, 1.54) is 11.3 Å². The molecule has 0 saturated carbocycles. The molecule has 1 aliphatic rings. The number of fused-ring (bicyclic) bond motifs is 1. The van der Waals surface area contributed by atoms with Crippen LogP contribution in [0.3, 0.4) is 0 Å². The van der Waals surface area contributed by atoms with Crippen LogP contribution in [0.5, 0.6) is 0 Å². The minimum absolute atomic E-state index is 0.701. The molecule has 0 bridgehead atoms. The first kappa shape index (κ1) is 14.1. The fourth-order valence-corrected chi connectivity index (χ4v) is 2.59. The molecule has 6 nitrogen and oxygen atoms in total. The van der Waals surface area contributed by atoms with E-state index in [9.17, 15) is 0 Å². The van der Waals surface area contributed by atoms with Gasteiger partial charge in [0.1, 0.15) is 5.82 Å². The number of hydrogen-bond donors (Lipinski definition) is 0. The number of aryl methyl sites for hydroxylation is 2. The van der Waals surface area contributed by atoms with Crippen molar-refractivity contribution < 1.29 is 4.52 Å². The van der Waals surface area contributed by atoms with Crippen LogP contribution in [0.1, 0.15) is 48.6 Å². The molecule has 0 unspecified atom stereocenters. The molecule has 0 radical (unpaired) electrons. The van der Waals surface area contributed by atoms with E-state index in [-0.39, 0.29) is 0 Å². The molecule has 0 fully saturated rings. The number of hydrogen-bond acceptors (Lipinski definition) is 6. The highest BCUT2D eigenvalue weighted by atomic mass is 16.5. The predicted octanol–water partition coefficient (Wildman–Crippen LogP) is 2.07. The van der Waals surface area contributed by atoms with E-state index < -0.39 is 0 Å². The van der Waals surface area contributed by atoms with Crippen LogP contribution in [0.25, 0.3) is 0 Å². The second-order valence-electron chi connectivity index (χ2n) is 5.56. The summed E-state index contributed by atoms with van der Waals surface area (Å²) in [5, 5.41) is 4.04. The highest BCUT2D eigenvalue weighted by Crippen LogP contribution is 2.18. The summed E-state index contributed by atoms with van der Waals surface area (Å²) in [6.45, 7) is 6.61. The smallest absolute Gasteiger partial charge is 0.240 e. The lowest BCUT2D eigenvalue weighted by Gasteiger charge is -2.26. The van der Waals surface area contributed by atoms with Gasteiger partial charge in [0.2, 0.25) is 5.89 Å². The summed E-state index contributed by atoms with van der Waals surface area (Å²) in [5.41, 5.74) is 2.38. The lowest BCUT2D eigenvalue weighted by atomic mass is 10.1. The molecule has 1 aliphatic heterocycles. The normalized spacial score (nSPS) is 15.1. The summed E-state index contributed by atoms with van der Waals surface area (Å²) in [7, 11) is 0. The molecule has 0 aliphatic carbocycles. The van der Waals surface area contributed by atoms with Crippen LogP contribution in [-0.4, -0.2) is 31.6 Å². The lowest BCUT2D eigenvalue weighted by molar-refractivity contribution is 0.208. The van der Waals surface area contributed by atoms with E-state index in [2.05, 4.69) is 31.9 Å². The summed E-state index contributed by atoms with van der Waals surface area (Å²) >= 11 is 0. The average Bonchev–Trinajstić information content (AvgIpc) is 2.93. The molecule has 6 heteroatoms. The molecule has 21 heavy (non-hydrogen) atoms. The highest BCUT2D eigenvalue weighted by molar-refractivity contribution is 5.20. The van der Waals surface area contributed by atoms with E-state index in [1.807, 2.05) is 13.1 Å². The summed E-state index contributed by atoms with van der Waals surface area (Å²) < 4.78 is 5.34. The quantitative estimate of drug-likeness (QED) is 0.838. The Morgan fingerprint density at radius 2 is 2.24 bits per heavy atom. The zero-order chi connectivity index (χ0) is 14.7. The molecule has 0 atom stereocenters. The molecule has 2 aromatic heterocycles. The van der Waals surface area contributed by atoms with E-state index in [4.69, 9.17) is 4.52 Å². The first-order chi connectivity index (χ1) is 10.2. The maximum atomic E-state index is 5.34. The van der Waals surface area contributed by atoms with E-state index in [1.54, 1.807) is 0 Å². The first-order valence-corrected chi connectivity index (χ1v) is 7.60. The Hall–Kier alpha value is -1.82. The van der Waals surface area contributed by atoms with Gasteiger partial charge in [-0.15, -0.1) is 0 Å². The maximum absolute atomic E-state index is 5.34. The predicted molar refractivity (Wildman–Crippen MR) is 77.5 cm³/mol. The Balaban J connectivity index is 1.61. The van der Waals surface area contributed by atoms with Crippen molar-refractivity contribution in [3.8, 4) is 0 Å². The standard InChI is InChI=1S/C15H21N5O/c1-3-4-5-14-18-15(21-19-14)10-20-7-6-13-12(9-20)8-16-11(2)17-13/h8H,3-7,9-10H2,1-2H3. The fraction of sp³-hybridized carbons (Fsp3) is 0.600. The van der Waals surface area contributed by atoms with Crippen LogP contribution in [0, 0.1) is 6.92 Å². The maximum Gasteiger partial charge on any atom is 0.240 e. The molecule has 0 N–H and O–H groups in total. The Morgan fingerprint density at radius 1 is 1.33 bits per heavy atom. The van der Waals surface area contributed by atoms with Crippen LogP contribution >= 0.6 is 0 Å². The van der Waals surface area contributed by atoms with Crippen molar-refractivity contribution in [1.29, 1.82) is 0 Å². The molecular weight excluding hydrogens is 266 g/mol. The van der Waals surface area contributed by atoms with Crippen LogP contribution < -0.4 is 0 Å². The van der Waals surface area contributed by atoms with Crippen molar-refractivity contribution in [1.82, 2.24) is 25.0 Å². The van der Waals surface area contributed by atoms with Gasteiger partial charge in [0, 0.05) is 43.4 Å². The number of aromatic nitrogens is 4. The minimum atomic E-state index is 0.701. The van der Waals surface area contributed by atoms with Crippen LogP contribution in [0.4, 0.5) is 0 Å². The van der Waals surface area contributed by atoms with Crippen molar-refractivity contribution in [2.24, 2.45) is 0 Å². The zero-order valence-corrected chi connectivity index (χ0v) is 12.7. The average molecular weight is 287 g/mol. The third-order valence-electron chi connectivity index (χ3n) is 3.76. The van der Waals surface area contributed by atoms with Gasteiger partial charge in [-0.2, -0.15) is 4.98 Å². The SMILES string of the molecule is CCCCc1noc(CN2CCc3nc(C)ncc3C2)n1. The van der Waals surface area contributed by atoms with Gasteiger partial charge in [0.15, 0.2) is 5.82 Å². The van der Waals surface area contributed by atoms with Gasteiger partial charge in [-0.3, -0.25) is 4.90 Å². The molecule has 112 valence electrons. The number of nitrogens with zero attached hydrogens (tertiary/aromatic N) is 5. The van der Waals surface area contributed by atoms with E-state index >= 15 is 0 Å².